The fourth-order valence-corrected chi connectivity index (χ4v) is 2.24. The molecule has 0 unspecified atom stereocenters. The number of carbonyl (C=O) groups is 1. The van der Waals surface area contributed by atoms with E-state index < -0.39 is 0 Å². The van der Waals surface area contributed by atoms with Crippen molar-refractivity contribution in [3.8, 4) is 0 Å². The summed E-state index contributed by atoms with van der Waals surface area (Å²) in [5.74, 6) is 0.366. The molecule has 2 N–H and O–H groups in total. The highest BCUT2D eigenvalue weighted by atomic mass is 35.5. The number of aryl methyl sites for hydroxylation is 2. The van der Waals surface area contributed by atoms with Crippen LogP contribution in [0.15, 0.2) is 18.5 Å². The van der Waals surface area contributed by atoms with Crippen molar-refractivity contribution in [1.82, 2.24) is 20.1 Å². The number of aromatic nitrogens is 3. The first-order chi connectivity index (χ1) is 10.0. The molecule has 0 bridgehead atoms. The predicted octanol–water partition coefficient (Wildman–Crippen LogP) is 2.00. The van der Waals surface area contributed by atoms with Crippen LogP contribution in [0.3, 0.4) is 0 Å². The summed E-state index contributed by atoms with van der Waals surface area (Å²) in [4.78, 5) is 16.3. The molecule has 0 spiro atoms. The van der Waals surface area contributed by atoms with Crippen LogP contribution >= 0.6 is 11.6 Å². The quantitative estimate of drug-likeness (QED) is 0.886. The Morgan fingerprint density at radius 1 is 1.48 bits per heavy atom. The number of rotatable bonds is 5. The molecular formula is C14H18ClN5O. The minimum atomic E-state index is -0.232. The summed E-state index contributed by atoms with van der Waals surface area (Å²) in [6.45, 7) is 2.45. The van der Waals surface area contributed by atoms with Crippen molar-refractivity contribution in [2.75, 3.05) is 12.4 Å². The van der Waals surface area contributed by atoms with Crippen molar-refractivity contribution >= 4 is 23.3 Å². The molecule has 112 valence electrons. The highest BCUT2D eigenvalue weighted by molar-refractivity contribution is 6.33. The lowest BCUT2D eigenvalue weighted by molar-refractivity contribution is 0.0951. The summed E-state index contributed by atoms with van der Waals surface area (Å²) in [6.07, 6.45) is 4.20. The zero-order valence-electron chi connectivity index (χ0n) is 12.3. The third-order valence-electron chi connectivity index (χ3n) is 3.12. The van der Waals surface area contributed by atoms with Gasteiger partial charge in [-0.2, -0.15) is 5.10 Å². The first-order valence-corrected chi connectivity index (χ1v) is 7.05. The maximum absolute atomic E-state index is 12.2. The smallest absolute Gasteiger partial charge is 0.253 e. The molecule has 2 heterocycles. The molecular weight excluding hydrogens is 290 g/mol. The normalized spacial score (nSPS) is 10.5. The van der Waals surface area contributed by atoms with Gasteiger partial charge in [-0.05, 0) is 12.5 Å². The second-order valence-electron chi connectivity index (χ2n) is 4.61. The highest BCUT2D eigenvalue weighted by Gasteiger charge is 2.13. The van der Waals surface area contributed by atoms with E-state index in [4.69, 9.17) is 11.6 Å². The minimum absolute atomic E-state index is 0.232. The number of hydrogen-bond acceptors (Lipinski definition) is 4. The Morgan fingerprint density at radius 3 is 2.90 bits per heavy atom. The Kier molecular flexibility index (Phi) is 4.80. The van der Waals surface area contributed by atoms with E-state index in [1.54, 1.807) is 17.8 Å². The largest absolute Gasteiger partial charge is 0.373 e. The van der Waals surface area contributed by atoms with Gasteiger partial charge in [-0.1, -0.05) is 18.5 Å². The van der Waals surface area contributed by atoms with Crippen molar-refractivity contribution in [2.45, 2.75) is 19.9 Å². The molecule has 0 aliphatic rings. The van der Waals surface area contributed by atoms with Gasteiger partial charge in [0.25, 0.3) is 5.91 Å². The topological polar surface area (TPSA) is 71.8 Å². The van der Waals surface area contributed by atoms with Crippen LogP contribution in [0.5, 0.6) is 0 Å². The molecule has 21 heavy (non-hydrogen) atoms. The fourth-order valence-electron chi connectivity index (χ4n) is 2.05. The third-order valence-corrected chi connectivity index (χ3v) is 3.42. The van der Waals surface area contributed by atoms with Gasteiger partial charge in [-0.25, -0.2) is 4.98 Å². The Hall–Kier alpha value is -2.08. The summed E-state index contributed by atoms with van der Waals surface area (Å²) >= 11 is 6.02. The SMILES string of the molecule is CCc1nn(C)cc1CNC(=O)c1cc(NC)ncc1Cl. The number of nitrogens with one attached hydrogen (secondary N) is 2. The average Bonchev–Trinajstić information content (AvgIpc) is 2.85. The van der Waals surface area contributed by atoms with Crippen LogP contribution < -0.4 is 10.6 Å². The lowest BCUT2D eigenvalue weighted by Crippen LogP contribution is -2.23. The van der Waals surface area contributed by atoms with E-state index in [9.17, 15) is 4.79 Å². The standard InChI is InChI=1S/C14H18ClN5O/c1-4-12-9(8-20(3)19-12)6-18-14(21)10-5-13(16-2)17-7-11(10)15/h5,7-8H,4,6H2,1-3H3,(H,16,17)(H,18,21). The van der Waals surface area contributed by atoms with E-state index in [2.05, 4.69) is 20.7 Å². The summed E-state index contributed by atoms with van der Waals surface area (Å²) < 4.78 is 1.75. The third kappa shape index (κ3) is 3.52. The van der Waals surface area contributed by atoms with Crippen molar-refractivity contribution in [1.29, 1.82) is 0 Å². The number of pyridine rings is 1. The number of amides is 1. The van der Waals surface area contributed by atoms with E-state index in [0.29, 0.717) is 22.9 Å². The van der Waals surface area contributed by atoms with Crippen LogP contribution in [0.4, 0.5) is 5.82 Å². The fraction of sp³-hybridized carbons (Fsp3) is 0.357. The Bertz CT molecular complexity index is 653. The first kappa shape index (κ1) is 15.3. The molecule has 0 fully saturated rings. The lowest BCUT2D eigenvalue weighted by Gasteiger charge is -2.08. The molecule has 7 heteroatoms. The molecule has 0 aromatic carbocycles. The summed E-state index contributed by atoms with van der Waals surface area (Å²) in [5.41, 5.74) is 2.39. The minimum Gasteiger partial charge on any atom is -0.373 e. The van der Waals surface area contributed by atoms with Gasteiger partial charge in [-0.3, -0.25) is 9.48 Å². The molecule has 0 radical (unpaired) electrons. The number of anilines is 1. The van der Waals surface area contributed by atoms with Crippen molar-refractivity contribution < 1.29 is 4.79 Å². The van der Waals surface area contributed by atoms with Crippen LogP contribution in [0, 0.1) is 0 Å². The van der Waals surface area contributed by atoms with E-state index >= 15 is 0 Å². The maximum atomic E-state index is 12.2. The van der Waals surface area contributed by atoms with Gasteiger partial charge >= 0.3 is 0 Å². The molecule has 2 aromatic heterocycles. The molecule has 0 atom stereocenters. The summed E-state index contributed by atoms with van der Waals surface area (Å²) in [7, 11) is 3.60. The van der Waals surface area contributed by atoms with Crippen molar-refractivity contribution in [3.63, 3.8) is 0 Å². The molecule has 2 aromatic rings. The number of halogens is 1. The predicted molar refractivity (Wildman–Crippen MR) is 82.5 cm³/mol. The van der Waals surface area contributed by atoms with Gasteiger partial charge in [0.05, 0.1) is 16.3 Å². The Morgan fingerprint density at radius 2 is 2.24 bits per heavy atom. The van der Waals surface area contributed by atoms with Gasteiger partial charge in [0.15, 0.2) is 0 Å². The van der Waals surface area contributed by atoms with Crippen molar-refractivity contribution in [3.05, 3.63) is 40.3 Å². The summed E-state index contributed by atoms with van der Waals surface area (Å²) in [6, 6.07) is 1.63. The molecule has 0 aliphatic heterocycles. The first-order valence-electron chi connectivity index (χ1n) is 6.68. The van der Waals surface area contributed by atoms with Gasteiger partial charge in [-0.15, -0.1) is 0 Å². The number of hydrogen-bond donors (Lipinski definition) is 2. The lowest BCUT2D eigenvalue weighted by atomic mass is 10.2. The molecule has 6 nitrogen and oxygen atoms in total. The zero-order valence-corrected chi connectivity index (χ0v) is 13.0. The molecule has 0 saturated carbocycles. The second kappa shape index (κ2) is 6.58. The van der Waals surface area contributed by atoms with Crippen LogP contribution in [-0.2, 0) is 20.0 Å². The molecule has 0 aliphatic carbocycles. The number of nitrogens with zero attached hydrogens (tertiary/aromatic N) is 3. The average molecular weight is 308 g/mol. The number of carbonyl (C=O) groups excluding carboxylic acids is 1. The Balaban J connectivity index is 2.11. The zero-order chi connectivity index (χ0) is 15.4. The van der Waals surface area contributed by atoms with Gasteiger partial charge < -0.3 is 10.6 Å². The van der Waals surface area contributed by atoms with Gasteiger partial charge in [0.1, 0.15) is 5.82 Å². The van der Waals surface area contributed by atoms with Crippen LogP contribution in [0.1, 0.15) is 28.5 Å². The highest BCUT2D eigenvalue weighted by Crippen LogP contribution is 2.18. The van der Waals surface area contributed by atoms with E-state index in [0.717, 1.165) is 17.7 Å². The van der Waals surface area contributed by atoms with Crippen LogP contribution in [0.2, 0.25) is 5.02 Å². The monoisotopic (exact) mass is 307 g/mol. The molecule has 1 amide bonds. The van der Waals surface area contributed by atoms with Gasteiger partial charge in [0.2, 0.25) is 0 Å². The van der Waals surface area contributed by atoms with Crippen LogP contribution in [0.25, 0.3) is 0 Å². The Labute approximate surface area is 128 Å². The van der Waals surface area contributed by atoms with Crippen LogP contribution in [-0.4, -0.2) is 27.7 Å². The van der Waals surface area contributed by atoms with E-state index in [1.165, 1.54) is 6.20 Å². The van der Waals surface area contributed by atoms with E-state index in [-0.39, 0.29) is 5.91 Å². The molecule has 0 saturated heterocycles. The van der Waals surface area contributed by atoms with E-state index in [1.807, 2.05) is 20.2 Å². The molecule has 2 rings (SSSR count). The summed E-state index contributed by atoms with van der Waals surface area (Å²) in [5, 5.41) is 10.4. The maximum Gasteiger partial charge on any atom is 0.253 e. The van der Waals surface area contributed by atoms with Crippen molar-refractivity contribution in [2.24, 2.45) is 7.05 Å². The second-order valence-corrected chi connectivity index (χ2v) is 5.02. The van der Waals surface area contributed by atoms with Gasteiger partial charge in [0, 0.05) is 38.6 Å².